The first kappa shape index (κ1) is 20.7. The lowest BCUT2D eigenvalue weighted by molar-refractivity contribution is -0.145. The predicted octanol–water partition coefficient (Wildman–Crippen LogP) is 3.68. The maximum Gasteiger partial charge on any atom is 0.336 e. The van der Waals surface area contributed by atoms with Crippen LogP contribution in [0, 0.1) is 13.8 Å². The molecule has 2 aromatic heterocycles. The van der Waals surface area contributed by atoms with Gasteiger partial charge in [0.15, 0.2) is 0 Å². The summed E-state index contributed by atoms with van der Waals surface area (Å²) in [5.74, 6) is -0.439. The van der Waals surface area contributed by atoms with E-state index in [9.17, 15) is 14.4 Å². The van der Waals surface area contributed by atoms with Crippen LogP contribution in [0.5, 0.6) is 0 Å². The Balaban J connectivity index is 1.51. The van der Waals surface area contributed by atoms with Crippen molar-refractivity contribution in [3.63, 3.8) is 0 Å². The topological polar surface area (TPSA) is 83.4 Å². The molecule has 0 saturated heterocycles. The molecule has 0 aliphatic heterocycles. The summed E-state index contributed by atoms with van der Waals surface area (Å²) in [6, 6.07) is 12.6. The van der Waals surface area contributed by atoms with E-state index in [0.717, 1.165) is 27.5 Å². The van der Waals surface area contributed by atoms with Crippen LogP contribution in [0.4, 0.5) is 0 Å². The standard InChI is InChI=1S/C24H24N2O5/c1-4-25-19-7-5-6-8-20(19)26(24(25)29)10-9-22(27)30-14-17-13-23(28)31-21-12-16(3)15(2)11-18(17)21/h5-8,11-13H,4,9-10,14H2,1-3H3. The van der Waals surface area contributed by atoms with Gasteiger partial charge in [0.1, 0.15) is 12.2 Å². The first-order chi connectivity index (χ1) is 14.9. The average molecular weight is 420 g/mol. The van der Waals surface area contributed by atoms with E-state index in [0.29, 0.717) is 17.7 Å². The summed E-state index contributed by atoms with van der Waals surface area (Å²) in [5.41, 5.74) is 4.15. The minimum absolute atomic E-state index is 0.0327. The Morgan fingerprint density at radius 1 is 1.00 bits per heavy atom. The highest BCUT2D eigenvalue weighted by Crippen LogP contribution is 2.22. The first-order valence-electron chi connectivity index (χ1n) is 10.3. The lowest BCUT2D eigenvalue weighted by atomic mass is 10.0. The van der Waals surface area contributed by atoms with Gasteiger partial charge in [-0.05, 0) is 56.2 Å². The van der Waals surface area contributed by atoms with Gasteiger partial charge in [-0.15, -0.1) is 0 Å². The Morgan fingerprint density at radius 3 is 2.39 bits per heavy atom. The van der Waals surface area contributed by atoms with Crippen LogP contribution >= 0.6 is 0 Å². The zero-order valence-electron chi connectivity index (χ0n) is 17.8. The monoisotopic (exact) mass is 420 g/mol. The van der Waals surface area contributed by atoms with Gasteiger partial charge in [-0.3, -0.25) is 13.9 Å². The normalized spacial score (nSPS) is 11.3. The molecule has 2 aromatic carbocycles. The molecule has 4 aromatic rings. The Morgan fingerprint density at radius 2 is 1.68 bits per heavy atom. The molecular formula is C24H24N2O5. The number of hydrogen-bond donors (Lipinski definition) is 0. The number of hydrogen-bond acceptors (Lipinski definition) is 5. The lowest BCUT2D eigenvalue weighted by Gasteiger charge is -2.09. The summed E-state index contributed by atoms with van der Waals surface area (Å²) in [6.07, 6.45) is 0.0507. The number of rotatable bonds is 6. The third-order valence-corrected chi connectivity index (χ3v) is 5.61. The summed E-state index contributed by atoms with van der Waals surface area (Å²) in [6.45, 7) is 6.57. The minimum Gasteiger partial charge on any atom is -0.461 e. The van der Waals surface area contributed by atoms with Crippen molar-refractivity contribution >= 4 is 28.0 Å². The average Bonchev–Trinajstić information content (AvgIpc) is 3.02. The van der Waals surface area contributed by atoms with Crippen LogP contribution in [-0.2, 0) is 29.2 Å². The number of imidazole rings is 1. The minimum atomic E-state index is -0.485. The van der Waals surface area contributed by atoms with E-state index in [1.165, 1.54) is 6.07 Å². The van der Waals surface area contributed by atoms with Crippen molar-refractivity contribution in [3.8, 4) is 0 Å². The van der Waals surface area contributed by atoms with Crippen LogP contribution in [0.2, 0.25) is 0 Å². The number of carbonyl (C=O) groups excluding carboxylic acids is 1. The van der Waals surface area contributed by atoms with Crippen molar-refractivity contribution in [3.05, 3.63) is 80.1 Å². The Labute approximate surface area is 178 Å². The molecule has 0 saturated carbocycles. The van der Waals surface area contributed by atoms with Crippen LogP contribution in [0.3, 0.4) is 0 Å². The number of ether oxygens (including phenoxy) is 1. The van der Waals surface area contributed by atoms with Gasteiger partial charge in [0.2, 0.25) is 0 Å². The third kappa shape index (κ3) is 3.91. The Bertz CT molecular complexity index is 1410. The number of aryl methyl sites for hydroxylation is 4. The van der Waals surface area contributed by atoms with E-state index in [1.54, 1.807) is 9.13 Å². The maximum absolute atomic E-state index is 12.7. The van der Waals surface area contributed by atoms with Gasteiger partial charge in [-0.2, -0.15) is 0 Å². The van der Waals surface area contributed by atoms with Crippen molar-refractivity contribution in [2.24, 2.45) is 0 Å². The molecule has 0 fully saturated rings. The molecule has 0 N–H and O–H groups in total. The van der Waals surface area contributed by atoms with Gasteiger partial charge >= 0.3 is 17.3 Å². The molecule has 0 aliphatic rings. The van der Waals surface area contributed by atoms with Gasteiger partial charge in [-0.1, -0.05) is 12.1 Å². The van der Waals surface area contributed by atoms with Gasteiger partial charge in [0.05, 0.1) is 17.5 Å². The van der Waals surface area contributed by atoms with Crippen molar-refractivity contribution in [2.45, 2.75) is 46.9 Å². The number of carbonyl (C=O) groups is 1. The number of aromatic nitrogens is 2. The zero-order valence-corrected chi connectivity index (χ0v) is 17.8. The summed E-state index contributed by atoms with van der Waals surface area (Å²) in [5, 5.41) is 0.748. The SMILES string of the molecule is CCn1c(=O)n(CCC(=O)OCc2cc(=O)oc3cc(C)c(C)cc23)c2ccccc21. The molecule has 0 radical (unpaired) electrons. The maximum atomic E-state index is 12.7. The summed E-state index contributed by atoms with van der Waals surface area (Å²) in [4.78, 5) is 37.0. The molecule has 160 valence electrons. The molecule has 31 heavy (non-hydrogen) atoms. The fourth-order valence-corrected chi connectivity index (χ4v) is 3.83. The van der Waals surface area contributed by atoms with Crippen molar-refractivity contribution in [1.29, 1.82) is 0 Å². The second-order valence-electron chi connectivity index (χ2n) is 7.60. The second kappa shape index (κ2) is 8.26. The van der Waals surface area contributed by atoms with Crippen molar-refractivity contribution in [1.82, 2.24) is 9.13 Å². The molecule has 0 bridgehead atoms. The number of benzene rings is 2. The fourth-order valence-electron chi connectivity index (χ4n) is 3.83. The smallest absolute Gasteiger partial charge is 0.336 e. The molecule has 0 amide bonds. The largest absolute Gasteiger partial charge is 0.461 e. The quantitative estimate of drug-likeness (QED) is 0.351. The van der Waals surface area contributed by atoms with E-state index in [1.807, 2.05) is 57.2 Å². The molecule has 0 spiro atoms. The first-order valence-corrected chi connectivity index (χ1v) is 10.3. The molecule has 7 nitrogen and oxygen atoms in total. The molecule has 0 atom stereocenters. The van der Waals surface area contributed by atoms with Crippen LogP contribution in [-0.4, -0.2) is 15.1 Å². The van der Waals surface area contributed by atoms with E-state index < -0.39 is 11.6 Å². The number of fused-ring (bicyclic) bond motifs is 2. The van der Waals surface area contributed by atoms with Crippen LogP contribution < -0.4 is 11.3 Å². The predicted molar refractivity (Wildman–Crippen MR) is 118 cm³/mol. The Kier molecular flexibility index (Phi) is 5.50. The van der Waals surface area contributed by atoms with Crippen LogP contribution in [0.15, 0.2) is 56.5 Å². The molecule has 4 rings (SSSR count). The summed E-state index contributed by atoms with van der Waals surface area (Å²) < 4.78 is 14.0. The molecule has 0 unspecified atom stereocenters. The second-order valence-corrected chi connectivity index (χ2v) is 7.60. The van der Waals surface area contributed by atoms with Gasteiger partial charge in [0.25, 0.3) is 0 Å². The summed E-state index contributed by atoms with van der Waals surface area (Å²) in [7, 11) is 0. The van der Waals surface area contributed by atoms with Crippen molar-refractivity contribution < 1.29 is 13.9 Å². The Hall–Kier alpha value is -3.61. The van der Waals surface area contributed by atoms with Gasteiger partial charge < -0.3 is 9.15 Å². The van der Waals surface area contributed by atoms with E-state index in [4.69, 9.17) is 9.15 Å². The fraction of sp³-hybridized carbons (Fsp3) is 0.292. The van der Waals surface area contributed by atoms with E-state index >= 15 is 0 Å². The van der Waals surface area contributed by atoms with Crippen LogP contribution in [0.25, 0.3) is 22.0 Å². The summed E-state index contributed by atoms with van der Waals surface area (Å²) >= 11 is 0. The van der Waals surface area contributed by atoms with Gasteiger partial charge in [0, 0.05) is 30.1 Å². The number of para-hydroxylation sites is 2. The van der Waals surface area contributed by atoms with Crippen molar-refractivity contribution in [2.75, 3.05) is 0 Å². The lowest BCUT2D eigenvalue weighted by Crippen LogP contribution is -2.25. The zero-order chi connectivity index (χ0) is 22.1. The highest BCUT2D eigenvalue weighted by Gasteiger charge is 2.14. The molecule has 2 heterocycles. The van der Waals surface area contributed by atoms with Gasteiger partial charge in [-0.25, -0.2) is 9.59 Å². The molecular weight excluding hydrogens is 396 g/mol. The number of nitrogens with zero attached hydrogens (tertiary/aromatic N) is 2. The van der Waals surface area contributed by atoms with Crippen LogP contribution in [0.1, 0.15) is 30.0 Å². The number of esters is 1. The highest BCUT2D eigenvalue weighted by molar-refractivity contribution is 5.82. The molecule has 7 heteroatoms. The van der Waals surface area contributed by atoms with E-state index in [2.05, 4.69) is 0 Å². The highest BCUT2D eigenvalue weighted by atomic mass is 16.5. The molecule has 0 aliphatic carbocycles. The third-order valence-electron chi connectivity index (χ3n) is 5.61. The van der Waals surface area contributed by atoms with E-state index in [-0.39, 0.29) is 25.3 Å².